The molecular weight excluding hydrogens is 512 g/mol. The van der Waals surface area contributed by atoms with Gasteiger partial charge in [0.2, 0.25) is 5.91 Å². The van der Waals surface area contributed by atoms with Gasteiger partial charge in [-0.15, -0.1) is 0 Å². The number of hydrogen-bond acceptors (Lipinski definition) is 3. The lowest BCUT2D eigenvalue weighted by molar-refractivity contribution is -0.119. The third-order valence-electron chi connectivity index (χ3n) is 6.91. The molecule has 1 aliphatic heterocycles. The molecule has 3 amide bonds. The summed E-state index contributed by atoms with van der Waals surface area (Å²) >= 11 is 6.20. The highest BCUT2D eigenvalue weighted by atomic mass is 35.5. The Morgan fingerprint density at radius 1 is 0.949 bits per heavy atom. The van der Waals surface area contributed by atoms with E-state index in [0.717, 1.165) is 35.5 Å². The highest BCUT2D eigenvalue weighted by molar-refractivity contribution is 6.30. The third kappa shape index (κ3) is 5.49. The van der Waals surface area contributed by atoms with Crippen molar-refractivity contribution in [3.63, 3.8) is 0 Å². The number of aromatic nitrogens is 1. The average molecular weight is 543 g/mol. The molecule has 0 spiro atoms. The van der Waals surface area contributed by atoms with Crippen LogP contribution in [0.4, 0.5) is 16.2 Å². The van der Waals surface area contributed by atoms with Gasteiger partial charge in [-0.3, -0.25) is 9.69 Å². The zero-order chi connectivity index (χ0) is 27.4. The summed E-state index contributed by atoms with van der Waals surface area (Å²) in [5, 5.41) is 3.56. The number of carbonyl (C=O) groups excluding carboxylic acids is 2. The summed E-state index contributed by atoms with van der Waals surface area (Å²) in [6.45, 7) is 2.45. The molecule has 7 nitrogen and oxygen atoms in total. The lowest BCUT2D eigenvalue weighted by Gasteiger charge is -2.39. The number of urea groups is 1. The number of rotatable bonds is 8. The van der Waals surface area contributed by atoms with E-state index in [2.05, 4.69) is 16.8 Å². The number of halogens is 1. The maximum Gasteiger partial charge on any atom is 0.322 e. The molecule has 200 valence electrons. The quantitative estimate of drug-likeness (QED) is 0.263. The molecule has 2 heterocycles. The van der Waals surface area contributed by atoms with Crippen LogP contribution in [0.2, 0.25) is 5.02 Å². The molecule has 1 aromatic heterocycles. The van der Waals surface area contributed by atoms with Crippen LogP contribution in [0.5, 0.6) is 5.75 Å². The van der Waals surface area contributed by atoms with Crippen LogP contribution in [0.1, 0.15) is 37.1 Å². The fourth-order valence-corrected chi connectivity index (χ4v) is 5.07. The lowest BCUT2D eigenvalue weighted by Crippen LogP contribution is -2.48. The van der Waals surface area contributed by atoms with Gasteiger partial charge in [-0.2, -0.15) is 0 Å². The molecule has 0 bridgehead atoms. The number of nitrogens with one attached hydrogen (secondary N) is 1. The van der Waals surface area contributed by atoms with Gasteiger partial charge in [-0.1, -0.05) is 49.2 Å². The van der Waals surface area contributed by atoms with Crippen molar-refractivity contribution in [2.75, 3.05) is 30.4 Å². The lowest BCUT2D eigenvalue weighted by atomic mass is 9.97. The molecule has 1 N–H and O–H groups in total. The third-order valence-corrected chi connectivity index (χ3v) is 7.16. The SMILES string of the molecule is CCCCN(CC(=O)N1c2ccccc2-n2cccc2[C@H]1c1ccc(Cl)cc1)C(=O)Nc1ccc(OC)cc1. The van der Waals surface area contributed by atoms with Crippen LogP contribution in [0.3, 0.4) is 0 Å². The van der Waals surface area contributed by atoms with Crippen LogP contribution in [0.15, 0.2) is 91.1 Å². The van der Waals surface area contributed by atoms with Gasteiger partial charge in [0.15, 0.2) is 0 Å². The van der Waals surface area contributed by atoms with Gasteiger partial charge in [0.05, 0.1) is 24.2 Å². The first-order valence-corrected chi connectivity index (χ1v) is 13.4. The molecule has 4 aromatic rings. The normalized spacial score (nSPS) is 13.8. The molecule has 8 heteroatoms. The molecule has 0 radical (unpaired) electrons. The summed E-state index contributed by atoms with van der Waals surface area (Å²) in [6.07, 6.45) is 3.69. The Morgan fingerprint density at radius 2 is 1.67 bits per heavy atom. The number of anilines is 2. The van der Waals surface area contributed by atoms with E-state index in [1.165, 1.54) is 0 Å². The Labute approximate surface area is 233 Å². The average Bonchev–Trinajstić information content (AvgIpc) is 3.45. The molecule has 5 rings (SSSR count). The molecule has 0 unspecified atom stereocenters. The Balaban J connectivity index is 1.48. The first-order chi connectivity index (χ1) is 19.0. The Morgan fingerprint density at radius 3 is 2.36 bits per heavy atom. The van der Waals surface area contributed by atoms with Crippen molar-refractivity contribution in [3.8, 4) is 11.4 Å². The Hall–Kier alpha value is -4.23. The predicted molar refractivity (Wildman–Crippen MR) is 155 cm³/mol. The van der Waals surface area contributed by atoms with E-state index >= 15 is 0 Å². The number of methoxy groups -OCH3 is 1. The molecule has 0 saturated heterocycles. The van der Waals surface area contributed by atoms with Gasteiger partial charge >= 0.3 is 6.03 Å². The highest BCUT2D eigenvalue weighted by Gasteiger charge is 2.37. The van der Waals surface area contributed by atoms with Crippen LogP contribution >= 0.6 is 11.6 Å². The molecule has 1 atom stereocenters. The van der Waals surface area contributed by atoms with Crippen LogP contribution in [-0.4, -0.2) is 41.6 Å². The van der Waals surface area contributed by atoms with E-state index in [0.29, 0.717) is 23.0 Å². The zero-order valence-electron chi connectivity index (χ0n) is 22.0. The summed E-state index contributed by atoms with van der Waals surface area (Å²) in [6, 6.07) is 25.9. The van der Waals surface area contributed by atoms with Crippen molar-refractivity contribution in [2.24, 2.45) is 0 Å². The molecule has 1 aliphatic rings. The topological polar surface area (TPSA) is 66.8 Å². The van der Waals surface area contributed by atoms with Crippen molar-refractivity contribution in [2.45, 2.75) is 25.8 Å². The van der Waals surface area contributed by atoms with Gasteiger partial charge < -0.3 is 19.5 Å². The smallest absolute Gasteiger partial charge is 0.322 e. The van der Waals surface area contributed by atoms with E-state index in [9.17, 15) is 9.59 Å². The van der Waals surface area contributed by atoms with Crippen molar-refractivity contribution in [3.05, 3.63) is 107 Å². The molecule has 39 heavy (non-hydrogen) atoms. The van der Waals surface area contributed by atoms with E-state index in [4.69, 9.17) is 16.3 Å². The summed E-state index contributed by atoms with van der Waals surface area (Å²) in [4.78, 5) is 31.0. The molecule has 0 aliphatic carbocycles. The van der Waals surface area contributed by atoms with Crippen molar-refractivity contribution in [1.29, 1.82) is 0 Å². The van der Waals surface area contributed by atoms with E-state index in [1.54, 1.807) is 36.3 Å². The summed E-state index contributed by atoms with van der Waals surface area (Å²) in [5.74, 6) is 0.531. The number of hydrogen-bond donors (Lipinski definition) is 1. The number of ether oxygens (including phenoxy) is 1. The van der Waals surface area contributed by atoms with Crippen LogP contribution < -0.4 is 15.0 Å². The summed E-state index contributed by atoms with van der Waals surface area (Å²) in [5.41, 5.74) is 4.24. The largest absolute Gasteiger partial charge is 0.497 e. The number of nitrogens with zero attached hydrogens (tertiary/aromatic N) is 3. The van der Waals surface area contributed by atoms with Gasteiger partial charge in [-0.25, -0.2) is 4.79 Å². The minimum absolute atomic E-state index is 0.0683. The predicted octanol–water partition coefficient (Wildman–Crippen LogP) is 6.91. The first-order valence-electron chi connectivity index (χ1n) is 13.0. The van der Waals surface area contributed by atoms with E-state index in [1.807, 2.05) is 71.8 Å². The second kappa shape index (κ2) is 11.7. The van der Waals surface area contributed by atoms with Gasteiger partial charge in [0, 0.05) is 23.5 Å². The monoisotopic (exact) mass is 542 g/mol. The van der Waals surface area contributed by atoms with Gasteiger partial charge in [-0.05, 0) is 72.6 Å². The van der Waals surface area contributed by atoms with Crippen molar-refractivity contribution < 1.29 is 14.3 Å². The second-order valence-corrected chi connectivity index (χ2v) is 9.88. The highest BCUT2D eigenvalue weighted by Crippen LogP contribution is 2.42. The number of para-hydroxylation sites is 2. The number of unbranched alkanes of at least 4 members (excludes halogenated alkanes) is 1. The number of carbonyl (C=O) groups is 2. The minimum Gasteiger partial charge on any atom is -0.497 e. The number of amides is 3. The van der Waals surface area contributed by atoms with Gasteiger partial charge in [0.1, 0.15) is 18.3 Å². The molecule has 3 aromatic carbocycles. The number of fused-ring (bicyclic) bond motifs is 3. The molecule has 0 saturated carbocycles. The van der Waals surface area contributed by atoms with E-state index < -0.39 is 0 Å². The zero-order valence-corrected chi connectivity index (χ0v) is 22.8. The fourth-order valence-electron chi connectivity index (χ4n) is 4.94. The van der Waals surface area contributed by atoms with Crippen LogP contribution in [0, 0.1) is 0 Å². The second-order valence-electron chi connectivity index (χ2n) is 9.44. The summed E-state index contributed by atoms with van der Waals surface area (Å²) in [7, 11) is 1.60. The molecular formula is C31H31ClN4O3. The standard InChI is InChI=1S/C31H31ClN4O3/c1-3-4-19-34(31(38)33-24-15-17-25(39-2)18-16-24)21-29(37)36-27-9-6-5-8-26(27)35-20-7-10-28(35)30(36)22-11-13-23(32)14-12-22/h5-18,20,30H,3-4,19,21H2,1-2H3,(H,33,38)/t30-/m1/s1. The van der Waals surface area contributed by atoms with E-state index in [-0.39, 0.29) is 24.5 Å². The van der Waals surface area contributed by atoms with Crippen molar-refractivity contribution in [1.82, 2.24) is 9.47 Å². The summed E-state index contributed by atoms with van der Waals surface area (Å²) < 4.78 is 7.33. The number of benzene rings is 3. The van der Waals surface area contributed by atoms with Crippen LogP contribution in [0.25, 0.3) is 5.69 Å². The maximum absolute atomic E-state index is 14.2. The van der Waals surface area contributed by atoms with Gasteiger partial charge in [0.25, 0.3) is 0 Å². The van der Waals surface area contributed by atoms with Crippen molar-refractivity contribution >= 4 is 34.9 Å². The first kappa shape index (κ1) is 26.4. The maximum atomic E-state index is 14.2. The fraction of sp³-hybridized carbons (Fsp3) is 0.226. The van der Waals surface area contributed by atoms with Crippen LogP contribution in [-0.2, 0) is 4.79 Å². The Kier molecular flexibility index (Phi) is 7.89. The minimum atomic E-state index is -0.377. The molecule has 0 fully saturated rings. The Bertz CT molecular complexity index is 1450.